The maximum absolute atomic E-state index is 13.9. The van der Waals surface area contributed by atoms with Gasteiger partial charge in [0.25, 0.3) is 21.6 Å². The first-order valence-electron chi connectivity index (χ1n) is 21.2. The number of carbonyl (C=O) groups excluding carboxylic acids is 1. The zero-order valence-corrected chi connectivity index (χ0v) is 36.6. The van der Waals surface area contributed by atoms with Gasteiger partial charge in [0, 0.05) is 75.3 Å². The lowest BCUT2D eigenvalue weighted by Crippen LogP contribution is -2.47. The van der Waals surface area contributed by atoms with E-state index in [2.05, 4.69) is 43.7 Å². The Labute approximate surface area is 369 Å². The molecule has 2 aromatic heterocycles. The standard InChI is InChI=1S/C46H50F3N7O7S/c1-29-21-32(46(47,48)49)6-9-37(29)39-25-45(2,3)14-12-31(39)28-54-16-18-55(19-17-54)33-7-10-38(42(23-33)63-35-22-30-13-15-50-43(30)52-27-35)44(57)53-64(60,61)36-8-11-40(41(24-36)56(58)59)51-26-34-5-4-20-62-34/h6-11,13,15,21-24,27,34,51H,4-5,12,14,16-20,25-26,28H2,1-3H3,(H,50,52)(H,53,57)/t34-/m1/s1. The van der Waals surface area contributed by atoms with Crippen LogP contribution in [0.3, 0.4) is 0 Å². The molecular formula is C46H50F3N7O7S. The van der Waals surface area contributed by atoms with Gasteiger partial charge in [-0.05, 0) is 110 Å². The van der Waals surface area contributed by atoms with Gasteiger partial charge >= 0.3 is 6.18 Å². The normalized spacial score (nSPS) is 18.3. The van der Waals surface area contributed by atoms with Crippen LogP contribution in [0.4, 0.5) is 30.2 Å². The third-order valence-electron chi connectivity index (χ3n) is 12.3. The van der Waals surface area contributed by atoms with Crippen LogP contribution >= 0.6 is 0 Å². The van der Waals surface area contributed by atoms with Crippen LogP contribution in [-0.2, 0) is 20.9 Å². The van der Waals surface area contributed by atoms with Crippen LogP contribution in [0.25, 0.3) is 16.6 Å². The van der Waals surface area contributed by atoms with Gasteiger partial charge in [-0.3, -0.25) is 19.8 Å². The molecule has 338 valence electrons. The number of nitro groups is 1. The summed E-state index contributed by atoms with van der Waals surface area (Å²) in [5.41, 5.74) is 4.10. The number of benzene rings is 3. The molecule has 4 heterocycles. The molecular weight excluding hydrogens is 852 g/mol. The second-order valence-corrected chi connectivity index (χ2v) is 19.2. The first kappa shape index (κ1) is 44.6. The molecule has 3 aliphatic rings. The Morgan fingerprint density at radius 1 is 1.06 bits per heavy atom. The summed E-state index contributed by atoms with van der Waals surface area (Å²) >= 11 is 0. The average molecular weight is 902 g/mol. The number of piperazine rings is 1. The van der Waals surface area contributed by atoms with Crippen LogP contribution in [0.1, 0.15) is 73.0 Å². The number of pyridine rings is 1. The molecule has 0 unspecified atom stereocenters. The van der Waals surface area contributed by atoms with Gasteiger partial charge < -0.3 is 24.7 Å². The van der Waals surface area contributed by atoms with Gasteiger partial charge in [-0.25, -0.2) is 18.1 Å². The van der Waals surface area contributed by atoms with Crippen molar-refractivity contribution in [1.82, 2.24) is 19.6 Å². The molecule has 0 spiro atoms. The number of rotatable bonds is 13. The maximum Gasteiger partial charge on any atom is 0.416 e. The summed E-state index contributed by atoms with van der Waals surface area (Å²) in [4.78, 5) is 36.7. The number of aryl methyl sites for hydroxylation is 1. The maximum atomic E-state index is 13.9. The number of fused-ring (bicyclic) bond motifs is 1. The predicted octanol–water partition coefficient (Wildman–Crippen LogP) is 9.09. The van der Waals surface area contributed by atoms with E-state index in [9.17, 15) is 36.5 Å². The smallest absolute Gasteiger partial charge is 0.416 e. The van der Waals surface area contributed by atoms with E-state index in [1.807, 2.05) is 6.07 Å². The Morgan fingerprint density at radius 3 is 2.58 bits per heavy atom. The zero-order valence-electron chi connectivity index (χ0n) is 35.8. The summed E-state index contributed by atoms with van der Waals surface area (Å²) in [7, 11) is -4.60. The van der Waals surface area contributed by atoms with Crippen molar-refractivity contribution in [3.63, 3.8) is 0 Å². The second kappa shape index (κ2) is 17.9. The minimum absolute atomic E-state index is 0.0115. The highest BCUT2D eigenvalue weighted by Gasteiger charge is 2.34. The van der Waals surface area contributed by atoms with Crippen molar-refractivity contribution in [2.24, 2.45) is 5.41 Å². The van der Waals surface area contributed by atoms with E-state index in [0.29, 0.717) is 62.8 Å². The number of hydrogen-bond acceptors (Lipinski definition) is 11. The van der Waals surface area contributed by atoms with E-state index >= 15 is 0 Å². The number of halogens is 3. The molecule has 0 bridgehead atoms. The van der Waals surface area contributed by atoms with Crippen LogP contribution in [0.5, 0.6) is 11.5 Å². The lowest BCUT2D eigenvalue weighted by Gasteiger charge is -2.39. The van der Waals surface area contributed by atoms with E-state index in [-0.39, 0.29) is 28.5 Å². The number of carbonyl (C=O) groups is 1. The average Bonchev–Trinajstić information content (AvgIpc) is 3.96. The van der Waals surface area contributed by atoms with Crippen molar-refractivity contribution in [2.45, 2.75) is 70.1 Å². The van der Waals surface area contributed by atoms with Crippen molar-refractivity contribution in [3.8, 4) is 11.5 Å². The number of allylic oxidation sites excluding steroid dienone is 1. The van der Waals surface area contributed by atoms with Crippen LogP contribution in [0.2, 0.25) is 0 Å². The molecule has 3 N–H and O–H groups in total. The lowest BCUT2D eigenvalue weighted by atomic mass is 9.72. The van der Waals surface area contributed by atoms with Crippen molar-refractivity contribution in [1.29, 1.82) is 0 Å². The van der Waals surface area contributed by atoms with Gasteiger partial charge in [0.2, 0.25) is 0 Å². The molecule has 2 aliphatic heterocycles. The van der Waals surface area contributed by atoms with Gasteiger partial charge in [-0.15, -0.1) is 0 Å². The van der Waals surface area contributed by atoms with E-state index < -0.39 is 43.2 Å². The number of amides is 1. The number of hydrogen-bond donors (Lipinski definition) is 3. The summed E-state index contributed by atoms with van der Waals surface area (Å²) in [5, 5.41) is 15.8. The van der Waals surface area contributed by atoms with E-state index in [0.717, 1.165) is 60.4 Å². The van der Waals surface area contributed by atoms with Crippen molar-refractivity contribution >= 4 is 49.6 Å². The van der Waals surface area contributed by atoms with E-state index in [1.165, 1.54) is 42.1 Å². The molecule has 2 fully saturated rings. The highest BCUT2D eigenvalue weighted by Crippen LogP contribution is 2.45. The number of ether oxygens (including phenoxy) is 2. The molecule has 0 saturated carbocycles. The highest BCUT2D eigenvalue weighted by molar-refractivity contribution is 7.90. The molecule has 1 aliphatic carbocycles. The van der Waals surface area contributed by atoms with Gasteiger partial charge in [0.15, 0.2) is 0 Å². The summed E-state index contributed by atoms with van der Waals surface area (Å²) in [6.07, 6.45) is 2.96. The number of nitrogens with one attached hydrogen (secondary N) is 3. The molecule has 0 radical (unpaired) electrons. The summed E-state index contributed by atoms with van der Waals surface area (Å²) in [5.74, 6) is -0.639. The summed E-state index contributed by atoms with van der Waals surface area (Å²) in [6, 6.07) is 15.9. The fourth-order valence-electron chi connectivity index (χ4n) is 8.73. The Hall–Kier alpha value is -5.98. The quantitative estimate of drug-likeness (QED) is 0.0761. The SMILES string of the molecule is Cc1cc(C(F)(F)F)ccc1C1=C(CN2CCN(c3ccc(C(=O)NS(=O)(=O)c4ccc(NC[C@H]5CCCO5)c([N+](=O)[O-])c4)c(Oc4cnc5[nH]ccc5c4)c3)CC2)CCC(C)(C)C1. The topological polar surface area (TPSA) is 172 Å². The van der Waals surface area contributed by atoms with Gasteiger partial charge in [0.05, 0.1) is 33.2 Å². The molecule has 2 saturated heterocycles. The number of anilines is 2. The van der Waals surface area contributed by atoms with Crippen LogP contribution in [-0.4, -0.2) is 86.1 Å². The largest absolute Gasteiger partial charge is 0.455 e. The number of aromatic nitrogens is 2. The molecule has 14 nitrogen and oxygen atoms in total. The third-order valence-corrected chi connectivity index (χ3v) is 13.6. The minimum Gasteiger partial charge on any atom is -0.455 e. The first-order valence-corrected chi connectivity index (χ1v) is 22.7. The first-order chi connectivity index (χ1) is 30.4. The van der Waals surface area contributed by atoms with Gasteiger partial charge in [-0.2, -0.15) is 13.2 Å². The molecule has 5 aromatic rings. The molecule has 18 heteroatoms. The van der Waals surface area contributed by atoms with Crippen LogP contribution < -0.4 is 19.7 Å². The van der Waals surface area contributed by atoms with Crippen molar-refractivity contribution in [3.05, 3.63) is 117 Å². The Kier molecular flexibility index (Phi) is 12.5. The minimum atomic E-state index is -4.60. The van der Waals surface area contributed by atoms with Crippen molar-refractivity contribution < 1.29 is 40.8 Å². The van der Waals surface area contributed by atoms with E-state index in [4.69, 9.17) is 9.47 Å². The third kappa shape index (κ3) is 10.0. The van der Waals surface area contributed by atoms with Gasteiger partial charge in [-0.1, -0.05) is 25.5 Å². The highest BCUT2D eigenvalue weighted by atomic mass is 32.2. The molecule has 1 atom stereocenters. The molecule has 1 amide bonds. The monoisotopic (exact) mass is 901 g/mol. The fraction of sp³-hybridized carbons (Fsp3) is 0.391. The fourth-order valence-corrected chi connectivity index (χ4v) is 9.72. The van der Waals surface area contributed by atoms with Crippen LogP contribution in [0, 0.1) is 22.5 Å². The van der Waals surface area contributed by atoms with E-state index in [1.54, 1.807) is 37.4 Å². The molecule has 8 rings (SSSR count). The number of aromatic amines is 1. The number of H-pyrrole nitrogens is 1. The number of nitro benzene ring substituents is 1. The summed E-state index contributed by atoms with van der Waals surface area (Å²) < 4.78 is 81.8. The predicted molar refractivity (Wildman–Crippen MR) is 237 cm³/mol. The second-order valence-electron chi connectivity index (χ2n) is 17.5. The molecule has 3 aromatic carbocycles. The number of nitrogens with zero attached hydrogens (tertiary/aromatic N) is 4. The summed E-state index contributed by atoms with van der Waals surface area (Å²) in [6.45, 7) is 10.3. The Balaban J connectivity index is 1.01. The van der Waals surface area contributed by atoms with Crippen LogP contribution in [0.15, 0.2) is 89.6 Å². The molecule has 64 heavy (non-hydrogen) atoms. The zero-order chi connectivity index (χ0) is 45.4. The number of alkyl halides is 3. The Bertz CT molecular complexity index is 2720. The Morgan fingerprint density at radius 2 is 1.86 bits per heavy atom. The lowest BCUT2D eigenvalue weighted by molar-refractivity contribution is -0.384. The van der Waals surface area contributed by atoms with Crippen molar-refractivity contribution in [2.75, 3.05) is 56.1 Å². The number of sulfonamides is 1. The van der Waals surface area contributed by atoms with Gasteiger partial charge in [0.1, 0.15) is 22.8 Å².